The zero-order valence-corrected chi connectivity index (χ0v) is 9.18. The Morgan fingerprint density at radius 2 is 2.00 bits per heavy atom. The molecule has 0 saturated heterocycles. The van der Waals surface area contributed by atoms with Crippen LogP contribution in [-0.2, 0) is 6.54 Å². The molecule has 0 unspecified atom stereocenters. The van der Waals surface area contributed by atoms with Crippen LogP contribution < -0.4 is 5.32 Å². The highest BCUT2D eigenvalue weighted by Crippen LogP contribution is 2.22. The molecule has 0 bridgehead atoms. The minimum atomic E-state index is -4.06. The van der Waals surface area contributed by atoms with E-state index in [0.29, 0.717) is 5.56 Å². The smallest absolute Gasteiger partial charge is 0.319 e. The highest BCUT2D eigenvalue weighted by atomic mass is 19.3. The predicted molar refractivity (Wildman–Crippen MR) is 55.5 cm³/mol. The van der Waals surface area contributed by atoms with Gasteiger partial charge < -0.3 is 10.4 Å². The molecule has 0 fully saturated rings. The standard InChI is InChI=1S/C11H13F4NO/c1-7-2-3-9(17)8(4-7)5-16-6-11(14,15)10(12)13/h2-4,10,16-17H,5-6H2,1H3. The molecule has 2 nitrogen and oxygen atoms in total. The van der Waals surface area contributed by atoms with Crippen molar-refractivity contribution in [2.75, 3.05) is 6.54 Å². The molecule has 0 heterocycles. The van der Waals surface area contributed by atoms with Crippen molar-refractivity contribution in [3.05, 3.63) is 29.3 Å². The van der Waals surface area contributed by atoms with Crippen molar-refractivity contribution in [2.24, 2.45) is 0 Å². The molecule has 1 rings (SSSR count). The second-order valence-corrected chi connectivity index (χ2v) is 3.80. The molecule has 0 aliphatic heterocycles. The molecule has 0 atom stereocenters. The van der Waals surface area contributed by atoms with E-state index in [4.69, 9.17) is 0 Å². The topological polar surface area (TPSA) is 32.3 Å². The first-order valence-electron chi connectivity index (χ1n) is 4.98. The molecule has 0 spiro atoms. The molecule has 96 valence electrons. The summed E-state index contributed by atoms with van der Waals surface area (Å²) >= 11 is 0. The average molecular weight is 251 g/mol. The maximum absolute atomic E-state index is 12.6. The van der Waals surface area contributed by atoms with Crippen molar-refractivity contribution in [2.45, 2.75) is 25.8 Å². The van der Waals surface area contributed by atoms with Gasteiger partial charge in [-0.25, -0.2) is 8.78 Å². The number of hydrogen-bond donors (Lipinski definition) is 2. The quantitative estimate of drug-likeness (QED) is 0.788. The molecule has 0 amide bonds. The minimum absolute atomic E-state index is 0.0523. The summed E-state index contributed by atoms with van der Waals surface area (Å²) in [6.07, 6.45) is -3.69. The molecule has 0 saturated carbocycles. The number of alkyl halides is 4. The van der Waals surface area contributed by atoms with Crippen molar-refractivity contribution in [1.82, 2.24) is 5.32 Å². The van der Waals surface area contributed by atoms with Crippen molar-refractivity contribution < 1.29 is 22.7 Å². The van der Waals surface area contributed by atoms with E-state index in [-0.39, 0.29) is 12.3 Å². The van der Waals surface area contributed by atoms with Gasteiger partial charge in [-0.2, -0.15) is 8.78 Å². The normalized spacial score (nSPS) is 12.1. The molecule has 17 heavy (non-hydrogen) atoms. The fraction of sp³-hybridized carbons (Fsp3) is 0.455. The molecule has 6 heteroatoms. The van der Waals surface area contributed by atoms with E-state index in [1.54, 1.807) is 19.1 Å². The lowest BCUT2D eigenvalue weighted by atomic mass is 10.1. The predicted octanol–water partition coefficient (Wildman–Crippen LogP) is 2.69. The summed E-state index contributed by atoms with van der Waals surface area (Å²) in [5.41, 5.74) is 1.25. The zero-order chi connectivity index (χ0) is 13.1. The Morgan fingerprint density at radius 1 is 1.35 bits per heavy atom. The van der Waals surface area contributed by atoms with Gasteiger partial charge in [-0.15, -0.1) is 0 Å². The van der Waals surface area contributed by atoms with Gasteiger partial charge in [-0.3, -0.25) is 0 Å². The number of phenols is 1. The van der Waals surface area contributed by atoms with Gasteiger partial charge in [0.15, 0.2) is 0 Å². The van der Waals surface area contributed by atoms with Crippen LogP contribution in [-0.4, -0.2) is 24.0 Å². The molecular weight excluding hydrogens is 238 g/mol. The number of halogens is 4. The van der Waals surface area contributed by atoms with Gasteiger partial charge in [0, 0.05) is 12.1 Å². The fourth-order valence-electron chi connectivity index (χ4n) is 1.30. The van der Waals surface area contributed by atoms with E-state index >= 15 is 0 Å². The first kappa shape index (κ1) is 13.8. The molecule has 0 aliphatic carbocycles. The first-order valence-corrected chi connectivity index (χ1v) is 4.98. The molecule has 1 aromatic rings. The fourth-order valence-corrected chi connectivity index (χ4v) is 1.30. The van der Waals surface area contributed by atoms with E-state index in [2.05, 4.69) is 5.32 Å². The Labute approximate surface area is 96.3 Å². The van der Waals surface area contributed by atoms with Crippen LogP contribution in [0, 0.1) is 6.92 Å². The number of aryl methyl sites for hydroxylation is 1. The van der Waals surface area contributed by atoms with E-state index in [9.17, 15) is 22.7 Å². The summed E-state index contributed by atoms with van der Waals surface area (Å²) in [5, 5.41) is 11.6. The van der Waals surface area contributed by atoms with E-state index in [0.717, 1.165) is 5.56 Å². The third-order valence-electron chi connectivity index (χ3n) is 2.23. The zero-order valence-electron chi connectivity index (χ0n) is 9.18. The molecule has 0 radical (unpaired) electrons. The van der Waals surface area contributed by atoms with Crippen LogP contribution in [0.25, 0.3) is 0 Å². The highest BCUT2D eigenvalue weighted by molar-refractivity contribution is 5.35. The van der Waals surface area contributed by atoms with Crippen LogP contribution >= 0.6 is 0 Å². The number of rotatable bonds is 5. The summed E-state index contributed by atoms with van der Waals surface area (Å²) in [7, 11) is 0. The van der Waals surface area contributed by atoms with Crippen LogP contribution in [0.4, 0.5) is 17.6 Å². The van der Waals surface area contributed by atoms with Gasteiger partial charge >= 0.3 is 12.3 Å². The van der Waals surface area contributed by atoms with Crippen molar-refractivity contribution in [1.29, 1.82) is 0 Å². The largest absolute Gasteiger partial charge is 0.508 e. The number of benzene rings is 1. The summed E-state index contributed by atoms with van der Waals surface area (Å²) in [5.74, 6) is -4.11. The lowest BCUT2D eigenvalue weighted by molar-refractivity contribution is -0.125. The number of phenolic OH excluding ortho intramolecular Hbond substituents is 1. The molecule has 1 aromatic carbocycles. The lowest BCUT2D eigenvalue weighted by Crippen LogP contribution is -2.38. The second kappa shape index (κ2) is 5.35. The SMILES string of the molecule is Cc1ccc(O)c(CNCC(F)(F)C(F)F)c1. The molecule has 0 aliphatic rings. The lowest BCUT2D eigenvalue weighted by Gasteiger charge is -2.16. The van der Waals surface area contributed by atoms with E-state index in [1.165, 1.54) is 6.07 Å². The van der Waals surface area contributed by atoms with Crippen LogP contribution in [0.2, 0.25) is 0 Å². The van der Waals surface area contributed by atoms with Gasteiger partial charge in [0.25, 0.3) is 0 Å². The summed E-state index contributed by atoms with van der Waals surface area (Å²) < 4.78 is 48.8. The van der Waals surface area contributed by atoms with Crippen molar-refractivity contribution in [3.63, 3.8) is 0 Å². The van der Waals surface area contributed by atoms with Crippen molar-refractivity contribution in [3.8, 4) is 5.75 Å². The second-order valence-electron chi connectivity index (χ2n) is 3.80. The Balaban J connectivity index is 2.54. The summed E-state index contributed by atoms with van der Waals surface area (Å²) in [6, 6.07) is 4.69. The Morgan fingerprint density at radius 3 is 2.59 bits per heavy atom. The van der Waals surface area contributed by atoms with Gasteiger partial charge in [0.1, 0.15) is 5.75 Å². The van der Waals surface area contributed by atoms with Crippen molar-refractivity contribution >= 4 is 0 Å². The first-order chi connectivity index (χ1) is 7.83. The van der Waals surface area contributed by atoms with Gasteiger partial charge in [0.2, 0.25) is 0 Å². The summed E-state index contributed by atoms with van der Waals surface area (Å²) in [4.78, 5) is 0. The Hall–Kier alpha value is -1.30. The Kier molecular flexibility index (Phi) is 4.34. The molecular formula is C11H13F4NO. The maximum Gasteiger partial charge on any atom is 0.319 e. The summed E-state index contributed by atoms with van der Waals surface area (Å²) in [6.45, 7) is 0.560. The average Bonchev–Trinajstić information content (AvgIpc) is 2.22. The van der Waals surface area contributed by atoms with Crippen LogP contribution in [0.15, 0.2) is 18.2 Å². The van der Waals surface area contributed by atoms with E-state index in [1.807, 2.05) is 0 Å². The van der Waals surface area contributed by atoms with Crippen LogP contribution in [0.3, 0.4) is 0 Å². The number of aromatic hydroxyl groups is 1. The molecule has 0 aromatic heterocycles. The van der Waals surface area contributed by atoms with Crippen LogP contribution in [0.1, 0.15) is 11.1 Å². The number of nitrogens with one attached hydrogen (secondary N) is 1. The third kappa shape index (κ3) is 3.89. The molecule has 2 N–H and O–H groups in total. The monoisotopic (exact) mass is 251 g/mol. The highest BCUT2D eigenvalue weighted by Gasteiger charge is 2.39. The number of hydrogen-bond acceptors (Lipinski definition) is 2. The van der Waals surface area contributed by atoms with Crippen LogP contribution in [0.5, 0.6) is 5.75 Å². The maximum atomic E-state index is 12.6. The van der Waals surface area contributed by atoms with E-state index < -0.39 is 18.9 Å². The van der Waals surface area contributed by atoms with Gasteiger partial charge in [-0.05, 0) is 13.0 Å². The van der Waals surface area contributed by atoms with Gasteiger partial charge in [-0.1, -0.05) is 17.7 Å². The minimum Gasteiger partial charge on any atom is -0.508 e. The van der Waals surface area contributed by atoms with Gasteiger partial charge in [0.05, 0.1) is 6.54 Å². The Bertz CT molecular complexity index is 382. The third-order valence-corrected chi connectivity index (χ3v) is 2.23.